The zero-order valence-corrected chi connectivity index (χ0v) is 13.1. The molecular formula is C16H31NO2. The van der Waals surface area contributed by atoms with Gasteiger partial charge in [0.1, 0.15) is 0 Å². The van der Waals surface area contributed by atoms with Gasteiger partial charge in [0.15, 0.2) is 0 Å². The fourth-order valence-corrected chi connectivity index (χ4v) is 3.19. The molecule has 0 aromatic carbocycles. The molecule has 2 atom stereocenters. The highest BCUT2D eigenvalue weighted by atomic mass is 16.5. The second-order valence-corrected chi connectivity index (χ2v) is 6.95. The summed E-state index contributed by atoms with van der Waals surface area (Å²) in [5.74, 6) is 0.815. The first-order valence-corrected chi connectivity index (χ1v) is 8.00. The fourth-order valence-electron chi connectivity index (χ4n) is 3.19. The van der Waals surface area contributed by atoms with Gasteiger partial charge in [-0.1, -0.05) is 13.8 Å². The van der Waals surface area contributed by atoms with Gasteiger partial charge in [-0.3, -0.25) is 0 Å². The van der Waals surface area contributed by atoms with Gasteiger partial charge in [0.25, 0.3) is 0 Å². The average Bonchev–Trinajstić information content (AvgIpc) is 3.09. The van der Waals surface area contributed by atoms with E-state index in [4.69, 9.17) is 9.47 Å². The summed E-state index contributed by atoms with van der Waals surface area (Å²) in [7, 11) is 0. The molecule has 3 nitrogen and oxygen atoms in total. The zero-order chi connectivity index (χ0) is 13.9. The fraction of sp³-hybridized carbons (Fsp3) is 1.00. The van der Waals surface area contributed by atoms with Crippen molar-refractivity contribution in [3.05, 3.63) is 0 Å². The minimum absolute atomic E-state index is 0.306. The molecule has 112 valence electrons. The van der Waals surface area contributed by atoms with Crippen LogP contribution in [-0.4, -0.2) is 38.0 Å². The monoisotopic (exact) mass is 269 g/mol. The van der Waals surface area contributed by atoms with Crippen molar-refractivity contribution >= 4 is 0 Å². The van der Waals surface area contributed by atoms with Crippen molar-refractivity contribution in [3.63, 3.8) is 0 Å². The first kappa shape index (κ1) is 15.3. The van der Waals surface area contributed by atoms with Gasteiger partial charge >= 0.3 is 0 Å². The smallest absolute Gasteiger partial charge is 0.0673 e. The maximum absolute atomic E-state index is 6.09. The average molecular weight is 269 g/mol. The van der Waals surface area contributed by atoms with Crippen molar-refractivity contribution in [1.82, 2.24) is 5.32 Å². The Bertz CT molecular complexity index is 276. The van der Waals surface area contributed by atoms with Crippen LogP contribution in [0, 0.1) is 11.3 Å². The van der Waals surface area contributed by atoms with Crippen molar-refractivity contribution < 1.29 is 9.47 Å². The van der Waals surface area contributed by atoms with Crippen molar-refractivity contribution in [2.75, 3.05) is 19.8 Å². The van der Waals surface area contributed by atoms with E-state index in [1.165, 1.54) is 19.3 Å². The van der Waals surface area contributed by atoms with Crippen molar-refractivity contribution in [3.8, 4) is 0 Å². The van der Waals surface area contributed by atoms with Gasteiger partial charge in [-0.2, -0.15) is 0 Å². The minimum Gasteiger partial charge on any atom is -0.379 e. The molecule has 0 radical (unpaired) electrons. The molecule has 0 aromatic rings. The summed E-state index contributed by atoms with van der Waals surface area (Å²) >= 11 is 0. The van der Waals surface area contributed by atoms with Gasteiger partial charge in [-0.15, -0.1) is 0 Å². The van der Waals surface area contributed by atoms with Gasteiger partial charge < -0.3 is 14.8 Å². The van der Waals surface area contributed by atoms with Gasteiger partial charge in [-0.25, -0.2) is 0 Å². The van der Waals surface area contributed by atoms with E-state index >= 15 is 0 Å². The largest absolute Gasteiger partial charge is 0.379 e. The lowest BCUT2D eigenvalue weighted by Crippen LogP contribution is -2.44. The molecule has 2 unspecified atom stereocenters. The van der Waals surface area contributed by atoms with E-state index in [1.54, 1.807) is 0 Å². The molecule has 0 amide bonds. The summed E-state index contributed by atoms with van der Waals surface area (Å²) in [6.45, 7) is 11.5. The standard InChI is InChI=1S/C16H31NO2/c1-12(2)17-11-16(7-9-18-13(3)4)8-10-19-15(16)14-5-6-14/h12-15,17H,5-11H2,1-4H3. The van der Waals surface area contributed by atoms with Gasteiger partial charge in [0.05, 0.1) is 12.2 Å². The Morgan fingerprint density at radius 1 is 1.26 bits per heavy atom. The van der Waals surface area contributed by atoms with Gasteiger partial charge in [-0.05, 0) is 45.4 Å². The molecule has 1 saturated heterocycles. The summed E-state index contributed by atoms with van der Waals surface area (Å²) in [6, 6.07) is 0.545. The minimum atomic E-state index is 0.306. The molecule has 1 N–H and O–H groups in total. The molecule has 2 rings (SSSR count). The highest BCUT2D eigenvalue weighted by Crippen LogP contribution is 2.49. The van der Waals surface area contributed by atoms with Crippen LogP contribution in [0.25, 0.3) is 0 Å². The highest BCUT2D eigenvalue weighted by Gasteiger charge is 2.50. The topological polar surface area (TPSA) is 30.5 Å². The Morgan fingerprint density at radius 3 is 2.58 bits per heavy atom. The SMILES string of the molecule is CC(C)NCC1(CCOC(C)C)CCOC1C1CC1. The Balaban J connectivity index is 1.94. The third-order valence-corrected chi connectivity index (χ3v) is 4.46. The van der Waals surface area contributed by atoms with Crippen LogP contribution in [0.2, 0.25) is 0 Å². The van der Waals surface area contributed by atoms with E-state index in [2.05, 4.69) is 33.0 Å². The molecule has 2 fully saturated rings. The molecule has 1 aliphatic carbocycles. The first-order chi connectivity index (χ1) is 9.03. The van der Waals surface area contributed by atoms with E-state index in [9.17, 15) is 0 Å². The van der Waals surface area contributed by atoms with Gasteiger partial charge in [0, 0.05) is 31.2 Å². The maximum Gasteiger partial charge on any atom is 0.0673 e. The van der Waals surface area contributed by atoms with Crippen LogP contribution < -0.4 is 5.32 Å². The Hall–Kier alpha value is -0.120. The maximum atomic E-state index is 6.09. The lowest BCUT2D eigenvalue weighted by atomic mass is 9.76. The van der Waals surface area contributed by atoms with Crippen molar-refractivity contribution in [2.45, 2.75) is 71.6 Å². The molecule has 3 heteroatoms. The van der Waals surface area contributed by atoms with Crippen LogP contribution in [0.1, 0.15) is 53.4 Å². The predicted molar refractivity (Wildman–Crippen MR) is 78.4 cm³/mol. The Kier molecular flexibility index (Phi) is 5.27. The van der Waals surface area contributed by atoms with Crippen molar-refractivity contribution in [1.29, 1.82) is 0 Å². The normalized spacial score (nSPS) is 31.6. The summed E-state index contributed by atoms with van der Waals surface area (Å²) < 4.78 is 11.9. The molecule has 19 heavy (non-hydrogen) atoms. The van der Waals surface area contributed by atoms with Crippen LogP contribution in [0.5, 0.6) is 0 Å². The third-order valence-electron chi connectivity index (χ3n) is 4.46. The molecule has 1 heterocycles. The number of ether oxygens (including phenoxy) is 2. The second kappa shape index (κ2) is 6.55. The molecule has 2 aliphatic rings. The predicted octanol–water partition coefficient (Wildman–Crippen LogP) is 2.98. The third kappa shape index (κ3) is 4.17. The number of nitrogens with one attached hydrogen (secondary N) is 1. The summed E-state index contributed by atoms with van der Waals surface area (Å²) in [4.78, 5) is 0. The van der Waals surface area contributed by atoms with E-state index in [-0.39, 0.29) is 0 Å². The van der Waals surface area contributed by atoms with Crippen LogP contribution >= 0.6 is 0 Å². The molecule has 0 bridgehead atoms. The summed E-state index contributed by atoms with van der Waals surface area (Å²) in [5.41, 5.74) is 0.306. The molecule has 0 aromatic heterocycles. The van der Waals surface area contributed by atoms with Crippen LogP contribution in [0.15, 0.2) is 0 Å². The number of rotatable bonds is 8. The summed E-state index contributed by atoms with van der Waals surface area (Å²) in [5, 5.41) is 3.64. The number of hydrogen-bond acceptors (Lipinski definition) is 3. The Labute approximate surface area is 118 Å². The first-order valence-electron chi connectivity index (χ1n) is 8.00. The Morgan fingerprint density at radius 2 is 2.00 bits per heavy atom. The second-order valence-electron chi connectivity index (χ2n) is 6.95. The quantitative estimate of drug-likeness (QED) is 0.735. The number of hydrogen-bond donors (Lipinski definition) is 1. The van der Waals surface area contributed by atoms with Crippen LogP contribution in [0.4, 0.5) is 0 Å². The van der Waals surface area contributed by atoms with Crippen LogP contribution in [-0.2, 0) is 9.47 Å². The molecule has 1 aliphatic heterocycles. The van der Waals surface area contributed by atoms with E-state index in [1.807, 2.05) is 0 Å². The lowest BCUT2D eigenvalue weighted by Gasteiger charge is -2.35. The molecular weight excluding hydrogens is 238 g/mol. The highest BCUT2D eigenvalue weighted by molar-refractivity contribution is 5.00. The van der Waals surface area contributed by atoms with Crippen molar-refractivity contribution in [2.24, 2.45) is 11.3 Å². The van der Waals surface area contributed by atoms with Crippen LogP contribution in [0.3, 0.4) is 0 Å². The van der Waals surface area contributed by atoms with E-state index in [0.717, 1.165) is 32.1 Å². The summed E-state index contributed by atoms with van der Waals surface area (Å²) in [6.07, 6.45) is 5.84. The van der Waals surface area contributed by atoms with E-state index < -0.39 is 0 Å². The molecule has 1 saturated carbocycles. The molecule has 0 spiro atoms. The zero-order valence-electron chi connectivity index (χ0n) is 13.1. The van der Waals surface area contributed by atoms with Gasteiger partial charge in [0.2, 0.25) is 0 Å². The van der Waals surface area contributed by atoms with E-state index in [0.29, 0.717) is 23.7 Å². The lowest BCUT2D eigenvalue weighted by molar-refractivity contribution is -0.00231.